The topological polar surface area (TPSA) is 99.2 Å². The Morgan fingerprint density at radius 1 is 0.947 bits per heavy atom. The van der Waals surface area contributed by atoms with E-state index in [2.05, 4.69) is 0 Å². The van der Waals surface area contributed by atoms with E-state index >= 15 is 0 Å². The zero-order valence-electron chi connectivity index (χ0n) is 21.0. The fraction of sp³-hybridized carbons (Fsp3) is 0.444. The minimum atomic E-state index is -5.20. The van der Waals surface area contributed by atoms with Crippen LogP contribution in [0.15, 0.2) is 48.5 Å². The molecule has 0 saturated carbocycles. The van der Waals surface area contributed by atoms with Crippen LogP contribution in [-0.2, 0) is 9.59 Å². The highest BCUT2D eigenvalue weighted by Crippen LogP contribution is 2.36. The molecule has 2 aromatic rings. The Balaban J connectivity index is 1.89. The zero-order valence-corrected chi connectivity index (χ0v) is 21.0. The second-order valence-electron chi connectivity index (χ2n) is 9.11. The van der Waals surface area contributed by atoms with Gasteiger partial charge in [-0.2, -0.15) is 13.2 Å². The molecule has 1 fully saturated rings. The van der Waals surface area contributed by atoms with Crippen molar-refractivity contribution < 1.29 is 37.5 Å². The molecule has 0 unspecified atom stereocenters. The van der Waals surface area contributed by atoms with Crippen molar-refractivity contribution in [2.75, 3.05) is 29.4 Å². The molecular weight excluding hydrogens is 503 g/mol. The summed E-state index contributed by atoms with van der Waals surface area (Å²) in [4.78, 5) is 39.8. The van der Waals surface area contributed by atoms with Crippen molar-refractivity contribution in [1.82, 2.24) is 5.48 Å². The van der Waals surface area contributed by atoms with E-state index in [1.54, 1.807) is 41.9 Å². The molecule has 206 valence electrons. The first-order chi connectivity index (χ1) is 18.2. The van der Waals surface area contributed by atoms with E-state index in [0.717, 1.165) is 32.4 Å². The van der Waals surface area contributed by atoms with Gasteiger partial charge in [0, 0.05) is 43.4 Å². The second-order valence-corrected chi connectivity index (χ2v) is 9.11. The molecule has 0 aromatic heterocycles. The van der Waals surface area contributed by atoms with Crippen molar-refractivity contribution in [2.45, 2.75) is 57.5 Å². The predicted molar refractivity (Wildman–Crippen MR) is 135 cm³/mol. The van der Waals surface area contributed by atoms with Gasteiger partial charge in [-0.15, -0.1) is 0 Å². The second kappa shape index (κ2) is 13.8. The number of ether oxygens (including phenoxy) is 1. The minimum Gasteiger partial charge on any atom is -0.418 e. The fourth-order valence-corrected chi connectivity index (χ4v) is 4.35. The SMILES string of the molecule is O=C(CCCCCCN(C(=O)c1ccccc1)c1ccc(N2CCCCC2)cc1OC(=O)C(F)(F)F)NO. The van der Waals surface area contributed by atoms with Gasteiger partial charge in [0.25, 0.3) is 5.91 Å². The van der Waals surface area contributed by atoms with E-state index in [0.29, 0.717) is 36.9 Å². The molecule has 0 radical (unpaired) electrons. The number of nitrogens with zero attached hydrogens (tertiary/aromatic N) is 2. The summed E-state index contributed by atoms with van der Waals surface area (Å²) in [5.74, 6) is -3.63. The largest absolute Gasteiger partial charge is 0.491 e. The molecule has 8 nitrogen and oxygen atoms in total. The van der Waals surface area contributed by atoms with Crippen molar-refractivity contribution in [3.05, 3.63) is 54.1 Å². The number of unbranched alkanes of at least 4 members (excludes halogenated alkanes) is 3. The number of esters is 1. The first-order valence-corrected chi connectivity index (χ1v) is 12.7. The van der Waals surface area contributed by atoms with E-state index in [1.807, 2.05) is 4.90 Å². The third-order valence-corrected chi connectivity index (χ3v) is 6.32. The van der Waals surface area contributed by atoms with E-state index in [1.165, 1.54) is 17.0 Å². The molecular formula is C27H32F3N3O5. The average Bonchev–Trinajstić information content (AvgIpc) is 2.93. The number of halogens is 3. The van der Waals surface area contributed by atoms with Gasteiger partial charge in [-0.3, -0.25) is 14.8 Å². The first-order valence-electron chi connectivity index (χ1n) is 12.7. The molecule has 1 aliphatic rings. The summed E-state index contributed by atoms with van der Waals surface area (Å²) in [6, 6.07) is 13.0. The van der Waals surface area contributed by atoms with Crippen LogP contribution < -0.4 is 20.0 Å². The normalized spacial score (nSPS) is 13.6. The molecule has 0 atom stereocenters. The number of amides is 2. The molecule has 38 heavy (non-hydrogen) atoms. The summed E-state index contributed by atoms with van der Waals surface area (Å²) in [6.45, 7) is 1.61. The van der Waals surface area contributed by atoms with Crippen molar-refractivity contribution >= 4 is 29.2 Å². The highest BCUT2D eigenvalue weighted by molar-refractivity contribution is 6.07. The lowest BCUT2D eigenvalue weighted by Crippen LogP contribution is -2.34. The van der Waals surface area contributed by atoms with E-state index in [9.17, 15) is 27.6 Å². The smallest absolute Gasteiger partial charge is 0.418 e. The van der Waals surface area contributed by atoms with Crippen LogP contribution >= 0.6 is 0 Å². The molecule has 3 rings (SSSR count). The Morgan fingerprint density at radius 3 is 2.29 bits per heavy atom. The van der Waals surface area contributed by atoms with E-state index in [-0.39, 0.29) is 24.4 Å². The van der Waals surface area contributed by atoms with Crippen LogP contribution in [0, 0.1) is 0 Å². The van der Waals surface area contributed by atoms with Crippen LogP contribution in [0.25, 0.3) is 0 Å². The van der Waals surface area contributed by atoms with Crippen molar-refractivity contribution in [3.8, 4) is 5.75 Å². The standard InChI is InChI=1S/C27H32F3N3O5/c28-27(29,30)26(36)38-23-19-21(32-16-8-4-9-17-32)14-15-22(23)33(25(35)20-11-5-3-6-12-20)18-10-2-1-7-13-24(34)31-37/h3,5-6,11-12,14-15,19,37H,1-2,4,7-10,13,16-18H2,(H,31,34). The average molecular weight is 536 g/mol. The van der Waals surface area contributed by atoms with Gasteiger partial charge < -0.3 is 14.5 Å². The summed E-state index contributed by atoms with van der Waals surface area (Å²) in [5.41, 5.74) is 2.59. The number of carbonyl (C=O) groups is 3. The van der Waals surface area contributed by atoms with Gasteiger partial charge in [0.15, 0.2) is 5.75 Å². The molecule has 1 heterocycles. The van der Waals surface area contributed by atoms with Crippen molar-refractivity contribution in [3.63, 3.8) is 0 Å². The molecule has 2 amide bonds. The third kappa shape index (κ3) is 8.20. The number of piperidine rings is 1. The van der Waals surface area contributed by atoms with Crippen LogP contribution in [0.3, 0.4) is 0 Å². The molecule has 0 spiro atoms. The maximum absolute atomic E-state index is 13.5. The number of rotatable bonds is 11. The summed E-state index contributed by atoms with van der Waals surface area (Å²) in [7, 11) is 0. The molecule has 0 bridgehead atoms. The first kappa shape index (κ1) is 29.0. The van der Waals surface area contributed by atoms with Gasteiger partial charge in [-0.05, 0) is 56.4 Å². The highest BCUT2D eigenvalue weighted by atomic mass is 19.4. The Bertz CT molecular complexity index is 1090. The van der Waals surface area contributed by atoms with E-state index in [4.69, 9.17) is 9.94 Å². The quantitative estimate of drug-likeness (QED) is 0.134. The Morgan fingerprint density at radius 2 is 1.63 bits per heavy atom. The Labute approximate surface area is 219 Å². The number of carbonyl (C=O) groups excluding carboxylic acids is 3. The monoisotopic (exact) mass is 535 g/mol. The van der Waals surface area contributed by atoms with Crippen LogP contribution in [0.2, 0.25) is 0 Å². The van der Waals surface area contributed by atoms with Gasteiger partial charge in [-0.1, -0.05) is 31.0 Å². The lowest BCUT2D eigenvalue weighted by Gasteiger charge is -2.31. The van der Waals surface area contributed by atoms with Gasteiger partial charge >= 0.3 is 12.1 Å². The predicted octanol–water partition coefficient (Wildman–Crippen LogP) is 5.25. The van der Waals surface area contributed by atoms with Crippen molar-refractivity contribution in [1.29, 1.82) is 0 Å². The van der Waals surface area contributed by atoms with Crippen LogP contribution in [-0.4, -0.2) is 48.8 Å². The third-order valence-electron chi connectivity index (χ3n) is 6.32. The molecule has 2 aromatic carbocycles. The van der Waals surface area contributed by atoms with Crippen LogP contribution in [0.1, 0.15) is 61.7 Å². The number of hydroxylamine groups is 1. The summed E-state index contributed by atoms with van der Waals surface area (Å²) < 4.78 is 44.3. The number of hydrogen-bond acceptors (Lipinski definition) is 6. The number of anilines is 2. The Hall–Kier alpha value is -3.60. The summed E-state index contributed by atoms with van der Waals surface area (Å²) >= 11 is 0. The summed E-state index contributed by atoms with van der Waals surface area (Å²) in [5, 5.41) is 8.59. The maximum Gasteiger partial charge on any atom is 0.491 e. The van der Waals surface area contributed by atoms with E-state index < -0.39 is 24.0 Å². The molecule has 1 aliphatic heterocycles. The van der Waals surface area contributed by atoms with Gasteiger partial charge in [0.1, 0.15) is 0 Å². The maximum atomic E-state index is 13.5. The minimum absolute atomic E-state index is 0.0665. The zero-order chi connectivity index (χ0) is 27.5. The number of nitrogens with one attached hydrogen (secondary N) is 1. The number of benzene rings is 2. The van der Waals surface area contributed by atoms with Gasteiger partial charge in [0.2, 0.25) is 5.91 Å². The Kier molecular flexibility index (Phi) is 10.5. The molecule has 1 saturated heterocycles. The number of alkyl halides is 3. The van der Waals surface area contributed by atoms with Crippen LogP contribution in [0.4, 0.5) is 24.5 Å². The number of hydrogen-bond donors (Lipinski definition) is 2. The molecule has 11 heteroatoms. The lowest BCUT2D eigenvalue weighted by molar-refractivity contribution is -0.189. The van der Waals surface area contributed by atoms with Crippen molar-refractivity contribution in [2.24, 2.45) is 0 Å². The van der Waals surface area contributed by atoms with Crippen LogP contribution in [0.5, 0.6) is 5.75 Å². The van der Waals surface area contributed by atoms with Gasteiger partial charge in [-0.25, -0.2) is 10.3 Å². The highest BCUT2D eigenvalue weighted by Gasteiger charge is 2.42. The van der Waals surface area contributed by atoms with Gasteiger partial charge in [0.05, 0.1) is 5.69 Å². The fourth-order valence-electron chi connectivity index (χ4n) is 4.35. The molecule has 0 aliphatic carbocycles. The summed E-state index contributed by atoms with van der Waals surface area (Å²) in [6.07, 6.45) is 0.181. The lowest BCUT2D eigenvalue weighted by atomic mass is 10.1. The molecule has 2 N–H and O–H groups in total.